The number of H-pyrrole nitrogens is 2. The van der Waals surface area contributed by atoms with Crippen LogP contribution in [-0.4, -0.2) is 33.8 Å². The van der Waals surface area contributed by atoms with Gasteiger partial charge in [-0.3, -0.25) is 19.8 Å². The van der Waals surface area contributed by atoms with E-state index in [1.165, 1.54) is 9.36 Å². The SMILES string of the molecule is COc1ccc(-n2[nH]c(-c3ccccc3)c(Cc3c(-c4ccccc4)[nH]n(-c4ccc(OC)cc4)c3=O)c2=O)cc1. The van der Waals surface area contributed by atoms with E-state index in [0.29, 0.717) is 45.4 Å². The fourth-order valence-electron chi connectivity index (χ4n) is 4.96. The van der Waals surface area contributed by atoms with Gasteiger partial charge in [-0.1, -0.05) is 60.7 Å². The molecule has 0 atom stereocenters. The molecule has 0 fully saturated rings. The number of nitrogens with zero attached hydrogens (tertiary/aromatic N) is 2. The summed E-state index contributed by atoms with van der Waals surface area (Å²) in [6.07, 6.45) is 0.116. The molecule has 4 aromatic carbocycles. The lowest BCUT2D eigenvalue weighted by Crippen LogP contribution is -2.21. The standard InChI is InChI=1S/C33H28N4O4/c1-40-26-17-13-24(14-18-26)36-32(38)28(30(34-36)22-9-5-3-6-10-22)21-29-31(23-11-7-4-8-12-23)35-37(33(29)39)25-15-19-27(41-2)20-16-25/h3-20,34-35H,21H2,1-2H3. The van der Waals surface area contributed by atoms with Crippen molar-refractivity contribution in [3.63, 3.8) is 0 Å². The molecule has 0 unspecified atom stereocenters. The summed E-state index contributed by atoms with van der Waals surface area (Å²) in [6, 6.07) is 33.8. The Morgan fingerprint density at radius 1 is 0.537 bits per heavy atom. The normalized spacial score (nSPS) is 11.0. The molecule has 0 radical (unpaired) electrons. The van der Waals surface area contributed by atoms with Crippen LogP contribution < -0.4 is 20.6 Å². The molecule has 8 nitrogen and oxygen atoms in total. The highest BCUT2D eigenvalue weighted by Crippen LogP contribution is 2.27. The number of nitrogens with one attached hydrogen (secondary N) is 2. The second-order valence-corrected chi connectivity index (χ2v) is 9.52. The van der Waals surface area contributed by atoms with Crippen LogP contribution in [0.15, 0.2) is 119 Å². The molecule has 2 heterocycles. The third-order valence-electron chi connectivity index (χ3n) is 7.11. The first-order chi connectivity index (χ1) is 20.1. The van der Waals surface area contributed by atoms with Crippen LogP contribution in [0.25, 0.3) is 33.9 Å². The van der Waals surface area contributed by atoms with Gasteiger partial charge in [0.15, 0.2) is 0 Å². The third kappa shape index (κ3) is 4.87. The molecule has 0 aliphatic heterocycles. The monoisotopic (exact) mass is 544 g/mol. The zero-order valence-electron chi connectivity index (χ0n) is 22.6. The van der Waals surface area contributed by atoms with Gasteiger partial charge in [0.2, 0.25) is 0 Å². The minimum Gasteiger partial charge on any atom is -0.497 e. The first-order valence-corrected chi connectivity index (χ1v) is 13.1. The Morgan fingerprint density at radius 3 is 1.24 bits per heavy atom. The van der Waals surface area contributed by atoms with Crippen LogP contribution in [-0.2, 0) is 6.42 Å². The van der Waals surface area contributed by atoms with Gasteiger partial charge in [-0.2, -0.15) is 0 Å². The van der Waals surface area contributed by atoms with E-state index in [1.807, 2.05) is 84.9 Å². The molecule has 0 spiro atoms. The molecule has 0 aliphatic rings. The largest absolute Gasteiger partial charge is 0.497 e. The maximum Gasteiger partial charge on any atom is 0.275 e. The highest BCUT2D eigenvalue weighted by Gasteiger charge is 2.23. The fraction of sp³-hybridized carbons (Fsp3) is 0.0909. The molecular weight excluding hydrogens is 516 g/mol. The molecule has 0 saturated heterocycles. The van der Waals surface area contributed by atoms with Crippen molar-refractivity contribution >= 4 is 0 Å². The van der Waals surface area contributed by atoms with Crippen LogP contribution in [0.4, 0.5) is 0 Å². The van der Waals surface area contributed by atoms with Crippen molar-refractivity contribution in [3.8, 4) is 45.4 Å². The van der Waals surface area contributed by atoms with Gasteiger partial charge in [0, 0.05) is 17.5 Å². The summed E-state index contributed by atoms with van der Waals surface area (Å²) in [5, 5.41) is 6.60. The summed E-state index contributed by atoms with van der Waals surface area (Å²) < 4.78 is 13.6. The molecule has 2 N–H and O–H groups in total. The smallest absolute Gasteiger partial charge is 0.275 e. The van der Waals surface area contributed by atoms with E-state index in [-0.39, 0.29) is 17.5 Å². The van der Waals surface area contributed by atoms with Gasteiger partial charge in [-0.25, -0.2) is 9.36 Å². The molecular formula is C33H28N4O4. The van der Waals surface area contributed by atoms with Gasteiger partial charge in [0.1, 0.15) is 11.5 Å². The minimum atomic E-state index is -0.232. The second-order valence-electron chi connectivity index (χ2n) is 9.52. The van der Waals surface area contributed by atoms with Crippen molar-refractivity contribution in [1.29, 1.82) is 0 Å². The number of rotatable bonds is 8. The highest BCUT2D eigenvalue weighted by atomic mass is 16.5. The number of benzene rings is 4. The average molecular weight is 545 g/mol. The second kappa shape index (κ2) is 10.9. The number of aromatic amines is 2. The van der Waals surface area contributed by atoms with Crippen molar-refractivity contribution in [3.05, 3.63) is 141 Å². The summed E-state index contributed by atoms with van der Waals surface area (Å²) in [4.78, 5) is 28.0. The Balaban J connectivity index is 1.53. The molecule has 0 aliphatic carbocycles. The highest BCUT2D eigenvalue weighted by molar-refractivity contribution is 5.67. The zero-order chi connectivity index (χ0) is 28.3. The Kier molecular flexibility index (Phi) is 6.87. The zero-order valence-corrected chi connectivity index (χ0v) is 22.6. The quantitative estimate of drug-likeness (QED) is 0.261. The van der Waals surface area contributed by atoms with Gasteiger partial charge in [-0.15, -0.1) is 0 Å². The fourth-order valence-corrected chi connectivity index (χ4v) is 4.96. The van der Waals surface area contributed by atoms with Crippen molar-refractivity contribution in [2.75, 3.05) is 14.2 Å². The Morgan fingerprint density at radius 2 is 0.902 bits per heavy atom. The summed E-state index contributed by atoms with van der Waals surface area (Å²) in [5.74, 6) is 1.38. The lowest BCUT2D eigenvalue weighted by molar-refractivity contribution is 0.414. The third-order valence-corrected chi connectivity index (χ3v) is 7.11. The molecule has 0 bridgehead atoms. The van der Waals surface area contributed by atoms with E-state index in [1.54, 1.807) is 38.5 Å². The maximum absolute atomic E-state index is 14.0. The van der Waals surface area contributed by atoms with Crippen molar-refractivity contribution < 1.29 is 9.47 Å². The first kappa shape index (κ1) is 25.8. The molecule has 204 valence electrons. The predicted octanol–water partition coefficient (Wildman–Crippen LogP) is 5.59. The Hall–Kier alpha value is -5.50. The van der Waals surface area contributed by atoms with E-state index in [0.717, 1.165) is 11.1 Å². The van der Waals surface area contributed by atoms with E-state index in [2.05, 4.69) is 10.2 Å². The van der Waals surface area contributed by atoms with Crippen LogP contribution in [0.3, 0.4) is 0 Å². The number of methoxy groups -OCH3 is 2. The van der Waals surface area contributed by atoms with Gasteiger partial charge in [0.25, 0.3) is 11.1 Å². The predicted molar refractivity (Wildman–Crippen MR) is 160 cm³/mol. The van der Waals surface area contributed by atoms with Gasteiger partial charge >= 0.3 is 0 Å². The molecule has 0 amide bonds. The van der Waals surface area contributed by atoms with E-state index >= 15 is 0 Å². The summed E-state index contributed by atoms with van der Waals surface area (Å²) in [6.45, 7) is 0. The van der Waals surface area contributed by atoms with E-state index in [4.69, 9.17) is 9.47 Å². The Bertz CT molecular complexity index is 1760. The lowest BCUT2D eigenvalue weighted by Gasteiger charge is -2.04. The van der Waals surface area contributed by atoms with Crippen LogP contribution in [0.5, 0.6) is 11.5 Å². The minimum absolute atomic E-state index is 0.116. The first-order valence-electron chi connectivity index (χ1n) is 13.1. The lowest BCUT2D eigenvalue weighted by atomic mass is 9.99. The van der Waals surface area contributed by atoms with Crippen LogP contribution in [0.2, 0.25) is 0 Å². The van der Waals surface area contributed by atoms with Crippen molar-refractivity contribution in [1.82, 2.24) is 19.6 Å². The van der Waals surface area contributed by atoms with Crippen LogP contribution in [0.1, 0.15) is 11.1 Å². The molecule has 8 heteroatoms. The van der Waals surface area contributed by atoms with Gasteiger partial charge in [-0.05, 0) is 59.7 Å². The van der Waals surface area contributed by atoms with Gasteiger partial charge in [0.05, 0.1) is 37.0 Å². The van der Waals surface area contributed by atoms with E-state index < -0.39 is 0 Å². The Labute approximate surface area is 236 Å². The number of aromatic nitrogens is 4. The number of hydrogen-bond acceptors (Lipinski definition) is 4. The molecule has 6 rings (SSSR count). The van der Waals surface area contributed by atoms with E-state index in [9.17, 15) is 9.59 Å². The number of hydrogen-bond donors (Lipinski definition) is 2. The van der Waals surface area contributed by atoms with Gasteiger partial charge < -0.3 is 9.47 Å². The van der Waals surface area contributed by atoms with Crippen LogP contribution >= 0.6 is 0 Å². The maximum atomic E-state index is 14.0. The molecule has 41 heavy (non-hydrogen) atoms. The average Bonchev–Trinajstić information content (AvgIpc) is 3.54. The molecule has 6 aromatic rings. The van der Waals surface area contributed by atoms with Crippen LogP contribution in [0, 0.1) is 0 Å². The summed E-state index contributed by atoms with van der Waals surface area (Å²) in [7, 11) is 3.20. The summed E-state index contributed by atoms with van der Waals surface area (Å²) in [5.41, 5.74) is 4.83. The van der Waals surface area contributed by atoms with Crippen molar-refractivity contribution in [2.45, 2.75) is 6.42 Å². The summed E-state index contributed by atoms with van der Waals surface area (Å²) >= 11 is 0. The number of ether oxygens (including phenoxy) is 2. The van der Waals surface area contributed by atoms with Crippen molar-refractivity contribution in [2.24, 2.45) is 0 Å². The molecule has 2 aromatic heterocycles. The topological polar surface area (TPSA) is 94.0 Å². The molecule has 0 saturated carbocycles.